The lowest BCUT2D eigenvalue weighted by molar-refractivity contribution is -0.143. The second kappa shape index (κ2) is 6.75. The zero-order valence-electron chi connectivity index (χ0n) is 11.2. The average Bonchev–Trinajstić information content (AvgIpc) is 2.40. The van der Waals surface area contributed by atoms with E-state index in [0.717, 1.165) is 45.2 Å². The number of carbonyl (C=O) groups excluding carboxylic acids is 1. The molecule has 19 heavy (non-hydrogen) atoms. The Hall–Kier alpha value is -1.30. The van der Waals surface area contributed by atoms with Gasteiger partial charge in [0.25, 0.3) is 0 Å². The Morgan fingerprint density at radius 2 is 1.68 bits per heavy atom. The van der Waals surface area contributed by atoms with E-state index >= 15 is 0 Å². The Kier molecular flexibility index (Phi) is 5.01. The lowest BCUT2D eigenvalue weighted by atomic mass is 9.86. The molecule has 108 valence electrons. The van der Waals surface area contributed by atoms with Gasteiger partial charge in [0, 0.05) is 12.1 Å². The summed E-state index contributed by atoms with van der Waals surface area (Å²) in [5, 5.41) is 18.2. The quantitative estimate of drug-likeness (QED) is 0.606. The second-order valence-corrected chi connectivity index (χ2v) is 5.54. The number of aliphatic carboxylic acids is 1. The molecule has 0 aromatic rings. The molecule has 2 rings (SSSR count). The van der Waals surface area contributed by atoms with Crippen LogP contribution < -0.4 is 16.0 Å². The average molecular weight is 269 g/mol. The van der Waals surface area contributed by atoms with Gasteiger partial charge in [0.2, 0.25) is 0 Å². The van der Waals surface area contributed by atoms with E-state index in [4.69, 9.17) is 5.11 Å². The normalized spacial score (nSPS) is 28.6. The van der Waals surface area contributed by atoms with Gasteiger partial charge in [-0.3, -0.25) is 4.79 Å². The molecule has 0 spiro atoms. The summed E-state index contributed by atoms with van der Waals surface area (Å²) in [6, 6.07) is 0.0830. The highest BCUT2D eigenvalue weighted by molar-refractivity contribution is 5.75. The fourth-order valence-electron chi connectivity index (χ4n) is 2.92. The standard InChI is InChI=1S/C13H23N3O3/c17-12(18)9-2-1-3-11(8-9)16-13(19)15-10-4-6-14-7-5-10/h9-11,14H,1-8H2,(H,17,18)(H2,15,16,19). The highest BCUT2D eigenvalue weighted by Gasteiger charge is 2.28. The van der Waals surface area contributed by atoms with Gasteiger partial charge >= 0.3 is 12.0 Å². The van der Waals surface area contributed by atoms with Crippen molar-refractivity contribution in [3.05, 3.63) is 0 Å². The van der Waals surface area contributed by atoms with Crippen molar-refractivity contribution in [2.24, 2.45) is 5.92 Å². The summed E-state index contributed by atoms with van der Waals surface area (Å²) in [6.45, 7) is 1.88. The van der Waals surface area contributed by atoms with Gasteiger partial charge in [0.05, 0.1) is 5.92 Å². The van der Waals surface area contributed by atoms with Gasteiger partial charge in [-0.05, 0) is 45.2 Å². The van der Waals surface area contributed by atoms with Gasteiger partial charge in [-0.25, -0.2) is 4.79 Å². The number of carboxylic acids is 1. The van der Waals surface area contributed by atoms with Gasteiger partial charge < -0.3 is 21.1 Å². The van der Waals surface area contributed by atoms with Gasteiger partial charge in [-0.2, -0.15) is 0 Å². The summed E-state index contributed by atoms with van der Waals surface area (Å²) < 4.78 is 0. The minimum atomic E-state index is -0.745. The van der Waals surface area contributed by atoms with Crippen LogP contribution in [0.5, 0.6) is 0 Å². The Balaban J connectivity index is 1.73. The minimum Gasteiger partial charge on any atom is -0.481 e. The largest absolute Gasteiger partial charge is 0.481 e. The van der Waals surface area contributed by atoms with Crippen LogP contribution in [-0.4, -0.2) is 42.3 Å². The van der Waals surface area contributed by atoms with Gasteiger partial charge in [0.1, 0.15) is 0 Å². The smallest absolute Gasteiger partial charge is 0.315 e. The van der Waals surface area contributed by atoms with Crippen molar-refractivity contribution >= 4 is 12.0 Å². The number of hydrogen-bond acceptors (Lipinski definition) is 3. The van der Waals surface area contributed by atoms with Crippen LogP contribution >= 0.6 is 0 Å². The van der Waals surface area contributed by atoms with Crippen LogP contribution in [0.4, 0.5) is 4.79 Å². The van der Waals surface area contributed by atoms with Crippen molar-refractivity contribution in [3.8, 4) is 0 Å². The molecule has 1 heterocycles. The number of carboxylic acid groups (broad SMARTS) is 1. The molecule has 6 heteroatoms. The van der Waals surface area contributed by atoms with Crippen LogP contribution in [-0.2, 0) is 4.79 Å². The van der Waals surface area contributed by atoms with Crippen LogP contribution in [0.3, 0.4) is 0 Å². The zero-order valence-corrected chi connectivity index (χ0v) is 11.2. The van der Waals surface area contributed by atoms with Gasteiger partial charge in [-0.15, -0.1) is 0 Å². The molecule has 2 fully saturated rings. The fraction of sp³-hybridized carbons (Fsp3) is 0.846. The Bertz CT molecular complexity index is 329. The van der Waals surface area contributed by atoms with Crippen molar-refractivity contribution in [2.45, 2.75) is 50.6 Å². The SMILES string of the molecule is O=C(NC1CCNCC1)NC1CCCC(C(=O)O)C1. The molecule has 0 aromatic carbocycles. The van der Waals surface area contributed by atoms with E-state index in [0.29, 0.717) is 6.42 Å². The molecule has 2 unspecified atom stereocenters. The Labute approximate surface area is 113 Å². The first-order chi connectivity index (χ1) is 9.15. The van der Waals surface area contributed by atoms with E-state index in [9.17, 15) is 9.59 Å². The topological polar surface area (TPSA) is 90.5 Å². The van der Waals surface area contributed by atoms with Crippen LogP contribution in [0, 0.1) is 5.92 Å². The third-order valence-electron chi connectivity index (χ3n) is 4.03. The number of amides is 2. The first-order valence-corrected chi connectivity index (χ1v) is 7.15. The molecule has 1 aliphatic carbocycles. The molecule has 0 aromatic heterocycles. The summed E-state index contributed by atoms with van der Waals surface area (Å²) >= 11 is 0. The number of hydrogen-bond donors (Lipinski definition) is 4. The summed E-state index contributed by atoms with van der Waals surface area (Å²) in [7, 11) is 0. The third kappa shape index (κ3) is 4.38. The van der Waals surface area contributed by atoms with Crippen molar-refractivity contribution in [3.63, 3.8) is 0 Å². The molecule has 2 amide bonds. The molecule has 0 radical (unpaired) electrons. The number of rotatable bonds is 3. The van der Waals surface area contributed by atoms with Gasteiger partial charge in [-0.1, -0.05) is 6.42 Å². The van der Waals surface area contributed by atoms with Crippen molar-refractivity contribution in [1.82, 2.24) is 16.0 Å². The maximum absolute atomic E-state index is 11.9. The summed E-state index contributed by atoms with van der Waals surface area (Å²) in [5.74, 6) is -1.05. The van der Waals surface area contributed by atoms with E-state index in [1.165, 1.54) is 0 Å². The van der Waals surface area contributed by atoms with Crippen LogP contribution in [0.15, 0.2) is 0 Å². The lowest BCUT2D eigenvalue weighted by Crippen LogP contribution is -2.50. The number of nitrogens with one attached hydrogen (secondary N) is 3. The molecule has 6 nitrogen and oxygen atoms in total. The summed E-state index contributed by atoms with van der Waals surface area (Å²) in [5.41, 5.74) is 0. The lowest BCUT2D eigenvalue weighted by Gasteiger charge is -2.29. The van der Waals surface area contributed by atoms with Crippen LogP contribution in [0.1, 0.15) is 38.5 Å². The zero-order chi connectivity index (χ0) is 13.7. The molecule has 1 saturated heterocycles. The summed E-state index contributed by atoms with van der Waals surface area (Å²) in [6.07, 6.45) is 4.93. The molecular formula is C13H23N3O3. The first-order valence-electron chi connectivity index (χ1n) is 7.15. The predicted molar refractivity (Wildman–Crippen MR) is 70.9 cm³/mol. The van der Waals surface area contributed by atoms with Crippen molar-refractivity contribution < 1.29 is 14.7 Å². The molecule has 1 aliphatic heterocycles. The Morgan fingerprint density at radius 1 is 1.00 bits per heavy atom. The maximum atomic E-state index is 11.9. The van der Waals surface area contributed by atoms with E-state index in [1.54, 1.807) is 0 Å². The van der Waals surface area contributed by atoms with E-state index in [1.807, 2.05) is 0 Å². The monoisotopic (exact) mass is 269 g/mol. The molecular weight excluding hydrogens is 246 g/mol. The molecule has 0 bridgehead atoms. The molecule has 1 saturated carbocycles. The predicted octanol–water partition coefficient (Wildman–Crippen LogP) is 0.681. The second-order valence-electron chi connectivity index (χ2n) is 5.54. The van der Waals surface area contributed by atoms with Crippen LogP contribution in [0.25, 0.3) is 0 Å². The highest BCUT2D eigenvalue weighted by atomic mass is 16.4. The molecule has 4 N–H and O–H groups in total. The molecule has 2 aliphatic rings. The number of urea groups is 1. The van der Waals surface area contributed by atoms with E-state index < -0.39 is 5.97 Å². The first kappa shape index (κ1) is 14.1. The minimum absolute atomic E-state index is 0.00318. The fourth-order valence-corrected chi connectivity index (χ4v) is 2.92. The number of piperidine rings is 1. The third-order valence-corrected chi connectivity index (χ3v) is 4.03. The van der Waals surface area contributed by atoms with E-state index in [2.05, 4.69) is 16.0 Å². The van der Waals surface area contributed by atoms with Gasteiger partial charge in [0.15, 0.2) is 0 Å². The number of carbonyl (C=O) groups is 2. The van der Waals surface area contributed by atoms with Crippen molar-refractivity contribution in [1.29, 1.82) is 0 Å². The Morgan fingerprint density at radius 3 is 2.37 bits per heavy atom. The van der Waals surface area contributed by atoms with Crippen LogP contribution in [0.2, 0.25) is 0 Å². The van der Waals surface area contributed by atoms with E-state index in [-0.39, 0.29) is 24.0 Å². The van der Waals surface area contributed by atoms with Crippen molar-refractivity contribution in [2.75, 3.05) is 13.1 Å². The highest BCUT2D eigenvalue weighted by Crippen LogP contribution is 2.24. The summed E-state index contributed by atoms with van der Waals surface area (Å²) in [4.78, 5) is 22.8. The maximum Gasteiger partial charge on any atom is 0.315 e. The molecule has 2 atom stereocenters.